The van der Waals surface area contributed by atoms with Gasteiger partial charge in [-0.2, -0.15) is 5.26 Å². The summed E-state index contributed by atoms with van der Waals surface area (Å²) in [5.74, 6) is 0.362. The maximum Gasteiger partial charge on any atom is 0.255 e. The van der Waals surface area contributed by atoms with Crippen LogP contribution >= 0.6 is 0 Å². The van der Waals surface area contributed by atoms with E-state index in [1.807, 2.05) is 6.07 Å². The number of nitrogens with zero attached hydrogens (tertiary/aromatic N) is 3. The number of hydrogen-bond acceptors (Lipinski definition) is 6. The van der Waals surface area contributed by atoms with Crippen molar-refractivity contribution in [3.8, 4) is 17.7 Å². The second kappa shape index (κ2) is 6.91. The van der Waals surface area contributed by atoms with Crippen LogP contribution in [-0.2, 0) is 9.84 Å². The van der Waals surface area contributed by atoms with Crippen molar-refractivity contribution < 1.29 is 17.9 Å². The summed E-state index contributed by atoms with van der Waals surface area (Å²) in [6.45, 7) is 0.379. The van der Waals surface area contributed by atoms with E-state index in [0.717, 1.165) is 0 Å². The van der Waals surface area contributed by atoms with Crippen LogP contribution in [0, 0.1) is 11.3 Å². The van der Waals surface area contributed by atoms with Gasteiger partial charge < -0.3 is 9.64 Å². The summed E-state index contributed by atoms with van der Waals surface area (Å²) in [7, 11) is -3.04. The summed E-state index contributed by atoms with van der Waals surface area (Å²) in [5, 5.41) is 9.05. The molecule has 1 saturated heterocycles. The topological polar surface area (TPSA) is 100 Å². The third kappa shape index (κ3) is 3.95. The van der Waals surface area contributed by atoms with Crippen LogP contribution in [-0.4, -0.2) is 48.8 Å². The summed E-state index contributed by atoms with van der Waals surface area (Å²) in [6.07, 6.45) is 1.38. The second-order valence-corrected chi connectivity index (χ2v) is 7.84. The average molecular weight is 357 g/mol. The van der Waals surface area contributed by atoms with E-state index in [0.29, 0.717) is 16.9 Å². The van der Waals surface area contributed by atoms with Gasteiger partial charge >= 0.3 is 0 Å². The van der Waals surface area contributed by atoms with E-state index in [2.05, 4.69) is 4.98 Å². The molecule has 0 radical (unpaired) electrons. The fraction of sp³-hybridized carbons (Fsp3) is 0.235. The molecule has 0 bridgehead atoms. The number of amides is 1. The van der Waals surface area contributed by atoms with E-state index in [1.165, 1.54) is 11.1 Å². The molecule has 1 aromatic heterocycles. The highest BCUT2D eigenvalue weighted by Gasteiger charge is 2.25. The predicted molar refractivity (Wildman–Crippen MR) is 90.0 cm³/mol. The number of para-hydroxylation sites is 1. The Morgan fingerprint density at radius 2 is 1.88 bits per heavy atom. The monoisotopic (exact) mass is 357 g/mol. The number of pyridine rings is 1. The average Bonchev–Trinajstić information content (AvgIpc) is 2.62. The molecule has 128 valence electrons. The highest BCUT2D eigenvalue weighted by Crippen LogP contribution is 2.23. The Kier molecular flexibility index (Phi) is 4.67. The molecule has 0 aliphatic carbocycles. The summed E-state index contributed by atoms with van der Waals surface area (Å²) in [6, 6.07) is 11.9. The molecule has 1 aliphatic rings. The Balaban J connectivity index is 1.70. The lowest BCUT2D eigenvalue weighted by molar-refractivity contribution is 0.0770. The highest BCUT2D eigenvalue weighted by molar-refractivity contribution is 7.91. The first-order chi connectivity index (χ1) is 12.0. The molecule has 1 amide bonds. The van der Waals surface area contributed by atoms with Crippen molar-refractivity contribution in [1.29, 1.82) is 5.26 Å². The standard InChI is InChI=1S/C17H15N3O4S/c18-11-13-3-1-2-4-15(13)24-16-6-5-14(12-19-16)17(21)20-7-9-25(22,23)10-8-20/h1-6,12H,7-10H2. The van der Waals surface area contributed by atoms with Crippen molar-refractivity contribution in [2.24, 2.45) is 0 Å². The normalized spacial score (nSPS) is 16.0. The van der Waals surface area contributed by atoms with Crippen molar-refractivity contribution >= 4 is 15.7 Å². The van der Waals surface area contributed by atoms with Crippen LogP contribution in [0.4, 0.5) is 0 Å². The van der Waals surface area contributed by atoms with Gasteiger partial charge in [-0.1, -0.05) is 12.1 Å². The smallest absolute Gasteiger partial charge is 0.255 e. The number of nitriles is 1. The maximum atomic E-state index is 12.4. The summed E-state index contributed by atoms with van der Waals surface area (Å²) in [4.78, 5) is 18.0. The second-order valence-electron chi connectivity index (χ2n) is 5.54. The Morgan fingerprint density at radius 3 is 2.52 bits per heavy atom. The number of carbonyl (C=O) groups excluding carboxylic acids is 1. The highest BCUT2D eigenvalue weighted by atomic mass is 32.2. The van der Waals surface area contributed by atoms with Gasteiger partial charge in [0.25, 0.3) is 5.91 Å². The predicted octanol–water partition coefficient (Wildman–Crippen LogP) is 1.62. The zero-order valence-corrected chi connectivity index (χ0v) is 14.1. The van der Waals surface area contributed by atoms with Crippen molar-refractivity contribution in [3.63, 3.8) is 0 Å². The molecule has 0 atom stereocenters. The van der Waals surface area contributed by atoms with Gasteiger partial charge in [0, 0.05) is 25.4 Å². The molecule has 1 aliphatic heterocycles. The minimum Gasteiger partial charge on any atom is -0.438 e. The van der Waals surface area contributed by atoms with Gasteiger partial charge in [-0.15, -0.1) is 0 Å². The molecule has 1 fully saturated rings. The van der Waals surface area contributed by atoms with Crippen molar-refractivity contribution in [2.75, 3.05) is 24.6 Å². The molecule has 0 saturated carbocycles. The largest absolute Gasteiger partial charge is 0.438 e. The quantitative estimate of drug-likeness (QED) is 0.827. The summed E-state index contributed by atoms with van der Waals surface area (Å²) in [5.41, 5.74) is 0.749. The molecule has 8 heteroatoms. The van der Waals surface area contributed by atoms with E-state index >= 15 is 0 Å². The summed E-state index contributed by atoms with van der Waals surface area (Å²) >= 11 is 0. The Hall–Kier alpha value is -2.92. The fourth-order valence-corrected chi connectivity index (χ4v) is 3.63. The first-order valence-corrected chi connectivity index (χ1v) is 9.43. The molecular formula is C17H15N3O4S. The molecule has 0 spiro atoms. The molecule has 0 unspecified atom stereocenters. The van der Waals surface area contributed by atoms with Crippen molar-refractivity contribution in [2.45, 2.75) is 0 Å². The van der Waals surface area contributed by atoms with Gasteiger partial charge in [0.15, 0.2) is 9.84 Å². The van der Waals surface area contributed by atoms with Gasteiger partial charge in [0.1, 0.15) is 11.8 Å². The minimum atomic E-state index is -3.04. The SMILES string of the molecule is N#Cc1ccccc1Oc1ccc(C(=O)N2CCS(=O)(=O)CC2)cn1. The lowest BCUT2D eigenvalue weighted by Crippen LogP contribution is -2.43. The number of rotatable bonds is 3. The van der Waals surface area contributed by atoms with E-state index in [-0.39, 0.29) is 36.4 Å². The van der Waals surface area contributed by atoms with E-state index in [1.54, 1.807) is 36.4 Å². The molecule has 1 aromatic carbocycles. The maximum absolute atomic E-state index is 12.4. The van der Waals surface area contributed by atoms with Crippen LogP contribution in [0.15, 0.2) is 42.6 Å². The molecule has 25 heavy (non-hydrogen) atoms. The minimum absolute atomic E-state index is 0.0156. The van der Waals surface area contributed by atoms with Crippen LogP contribution < -0.4 is 4.74 Å². The van der Waals surface area contributed by atoms with Crippen LogP contribution in [0.3, 0.4) is 0 Å². The third-order valence-electron chi connectivity index (χ3n) is 3.84. The first kappa shape index (κ1) is 16.9. The molecule has 3 rings (SSSR count). The number of sulfone groups is 1. The van der Waals surface area contributed by atoms with Gasteiger partial charge in [0.05, 0.1) is 22.6 Å². The molecule has 7 nitrogen and oxygen atoms in total. The van der Waals surface area contributed by atoms with Crippen LogP contribution in [0.1, 0.15) is 15.9 Å². The lowest BCUT2D eigenvalue weighted by atomic mass is 10.2. The van der Waals surface area contributed by atoms with E-state index in [9.17, 15) is 13.2 Å². The number of benzene rings is 1. The molecule has 2 heterocycles. The zero-order valence-electron chi connectivity index (χ0n) is 13.3. The van der Waals surface area contributed by atoms with Crippen LogP contribution in [0.5, 0.6) is 11.6 Å². The van der Waals surface area contributed by atoms with Gasteiger partial charge in [-0.25, -0.2) is 13.4 Å². The Morgan fingerprint density at radius 1 is 1.16 bits per heavy atom. The van der Waals surface area contributed by atoms with Crippen molar-refractivity contribution in [3.05, 3.63) is 53.7 Å². The third-order valence-corrected chi connectivity index (χ3v) is 5.45. The van der Waals surface area contributed by atoms with E-state index < -0.39 is 9.84 Å². The number of aromatic nitrogens is 1. The van der Waals surface area contributed by atoms with Gasteiger partial charge in [-0.05, 0) is 18.2 Å². The lowest BCUT2D eigenvalue weighted by Gasteiger charge is -2.26. The number of carbonyl (C=O) groups is 1. The Bertz CT molecular complexity index is 919. The number of ether oxygens (including phenoxy) is 1. The molecule has 0 N–H and O–H groups in total. The zero-order chi connectivity index (χ0) is 17.9. The van der Waals surface area contributed by atoms with Gasteiger partial charge in [-0.3, -0.25) is 4.79 Å². The Labute approximate surface area is 145 Å². The van der Waals surface area contributed by atoms with E-state index in [4.69, 9.17) is 10.00 Å². The fourth-order valence-electron chi connectivity index (χ4n) is 2.43. The summed E-state index contributed by atoms with van der Waals surface area (Å²) < 4.78 is 28.4. The number of hydrogen-bond donors (Lipinski definition) is 0. The molecular weight excluding hydrogens is 342 g/mol. The van der Waals surface area contributed by atoms with Crippen LogP contribution in [0.25, 0.3) is 0 Å². The van der Waals surface area contributed by atoms with Gasteiger partial charge in [0.2, 0.25) is 5.88 Å². The van der Waals surface area contributed by atoms with Crippen molar-refractivity contribution in [1.82, 2.24) is 9.88 Å². The molecule has 2 aromatic rings. The first-order valence-electron chi connectivity index (χ1n) is 7.61. The van der Waals surface area contributed by atoms with Crippen LogP contribution in [0.2, 0.25) is 0 Å².